The Kier molecular flexibility index (Phi) is 4.83. The van der Waals surface area contributed by atoms with Gasteiger partial charge in [-0.15, -0.1) is 0 Å². The highest BCUT2D eigenvalue weighted by Gasteiger charge is 2.45. The summed E-state index contributed by atoms with van der Waals surface area (Å²) < 4.78 is 7.02. The van der Waals surface area contributed by atoms with Crippen LogP contribution in [-0.2, 0) is 4.74 Å². The van der Waals surface area contributed by atoms with E-state index < -0.39 is 31.1 Å². The molecule has 4 rings (SSSR count). The van der Waals surface area contributed by atoms with E-state index in [2.05, 4.69) is 30.5 Å². The molecule has 4 heterocycles. The zero-order valence-corrected chi connectivity index (χ0v) is 14.5. The van der Waals surface area contributed by atoms with E-state index in [0.717, 1.165) is 5.56 Å². The van der Waals surface area contributed by atoms with Gasteiger partial charge in [-0.3, -0.25) is 9.55 Å². The third-order valence-electron chi connectivity index (χ3n) is 4.34. The molecule has 3 aromatic rings. The molecular weight excluding hydrogens is 368 g/mol. The van der Waals surface area contributed by atoms with Crippen molar-refractivity contribution in [3.05, 3.63) is 36.4 Å². The number of anilines is 2. The van der Waals surface area contributed by atoms with Crippen LogP contribution in [0.5, 0.6) is 0 Å². The maximum Gasteiger partial charge on any atom is 0.228 e. The second-order valence-electron chi connectivity index (χ2n) is 6.12. The Morgan fingerprint density at radius 1 is 1.32 bits per heavy atom. The summed E-state index contributed by atoms with van der Waals surface area (Å²) in [6.45, 7) is -0.458. The molecular formula is C16H18N8O4. The molecule has 1 saturated heterocycles. The molecule has 0 radical (unpaired) electrons. The summed E-state index contributed by atoms with van der Waals surface area (Å²) in [5, 5.41) is 34.0. The summed E-state index contributed by atoms with van der Waals surface area (Å²) >= 11 is 0. The van der Waals surface area contributed by atoms with Gasteiger partial charge in [0.05, 0.1) is 12.8 Å². The first kappa shape index (κ1) is 18.2. The summed E-state index contributed by atoms with van der Waals surface area (Å²) in [5.41, 5.74) is 9.95. The van der Waals surface area contributed by atoms with Gasteiger partial charge in [0.25, 0.3) is 0 Å². The summed E-state index contributed by atoms with van der Waals surface area (Å²) in [4.78, 5) is 16.4. The van der Waals surface area contributed by atoms with Crippen molar-refractivity contribution in [1.82, 2.24) is 24.5 Å². The van der Waals surface area contributed by atoms with Crippen molar-refractivity contribution >= 4 is 29.1 Å². The Hall–Kier alpha value is -3.19. The molecule has 6 N–H and O–H groups in total. The van der Waals surface area contributed by atoms with Crippen molar-refractivity contribution in [2.45, 2.75) is 24.5 Å². The second-order valence-corrected chi connectivity index (χ2v) is 6.12. The predicted octanol–water partition coefficient (Wildman–Crippen LogP) is -1.14. The predicted molar refractivity (Wildman–Crippen MR) is 98.2 cm³/mol. The van der Waals surface area contributed by atoms with E-state index in [0.29, 0.717) is 0 Å². The topological polar surface area (TPSA) is 177 Å². The van der Waals surface area contributed by atoms with E-state index in [4.69, 9.17) is 10.5 Å². The van der Waals surface area contributed by atoms with E-state index in [1.807, 2.05) is 6.07 Å². The van der Waals surface area contributed by atoms with E-state index >= 15 is 0 Å². The molecule has 0 bridgehead atoms. The molecule has 146 valence electrons. The monoisotopic (exact) mass is 386 g/mol. The molecule has 0 spiro atoms. The first-order valence-corrected chi connectivity index (χ1v) is 8.40. The number of hydrazone groups is 1. The van der Waals surface area contributed by atoms with Crippen LogP contribution in [0.25, 0.3) is 11.2 Å². The highest BCUT2D eigenvalue weighted by atomic mass is 16.6. The molecule has 12 heteroatoms. The van der Waals surface area contributed by atoms with Crippen molar-refractivity contribution < 1.29 is 20.1 Å². The number of nitrogen functional groups attached to an aromatic ring is 1. The van der Waals surface area contributed by atoms with Gasteiger partial charge in [-0.2, -0.15) is 5.10 Å². The Morgan fingerprint density at radius 2 is 2.18 bits per heavy atom. The molecule has 1 aliphatic heterocycles. The van der Waals surface area contributed by atoms with Gasteiger partial charge in [0.2, 0.25) is 5.95 Å². The summed E-state index contributed by atoms with van der Waals surface area (Å²) in [7, 11) is 0. The van der Waals surface area contributed by atoms with Crippen molar-refractivity contribution in [2.24, 2.45) is 5.10 Å². The fourth-order valence-electron chi connectivity index (χ4n) is 2.96. The molecule has 4 atom stereocenters. The third kappa shape index (κ3) is 3.14. The number of aromatic nitrogens is 5. The van der Waals surface area contributed by atoms with Gasteiger partial charge < -0.3 is 25.8 Å². The first-order valence-electron chi connectivity index (χ1n) is 8.40. The van der Waals surface area contributed by atoms with Crippen LogP contribution in [0.15, 0.2) is 36.0 Å². The largest absolute Gasteiger partial charge is 0.394 e. The number of imidazole rings is 1. The third-order valence-corrected chi connectivity index (χ3v) is 4.34. The van der Waals surface area contributed by atoms with E-state index in [1.165, 1.54) is 17.1 Å². The number of pyridine rings is 1. The minimum atomic E-state index is -1.33. The van der Waals surface area contributed by atoms with Gasteiger partial charge in [-0.25, -0.2) is 20.4 Å². The SMILES string of the molecule is Nc1ncnc2c1nc(N/N=C\c1cccnc1)n2[C@H]1O[C@@H](CO)[C@H](O)[C@@H]1O. The van der Waals surface area contributed by atoms with Gasteiger partial charge in [0, 0.05) is 18.0 Å². The molecule has 0 saturated carbocycles. The molecule has 12 nitrogen and oxygen atoms in total. The number of nitrogens with zero attached hydrogens (tertiary/aromatic N) is 6. The highest BCUT2D eigenvalue weighted by molar-refractivity contribution is 5.84. The van der Waals surface area contributed by atoms with Gasteiger partial charge in [-0.05, 0) is 6.07 Å². The van der Waals surface area contributed by atoms with Crippen LogP contribution in [0.4, 0.5) is 11.8 Å². The van der Waals surface area contributed by atoms with E-state index in [-0.39, 0.29) is 22.9 Å². The number of fused-ring (bicyclic) bond motifs is 1. The van der Waals surface area contributed by atoms with Crippen molar-refractivity contribution in [1.29, 1.82) is 0 Å². The fourth-order valence-corrected chi connectivity index (χ4v) is 2.96. The Balaban J connectivity index is 1.73. The van der Waals surface area contributed by atoms with Gasteiger partial charge in [0.1, 0.15) is 24.6 Å². The van der Waals surface area contributed by atoms with Crippen molar-refractivity contribution in [2.75, 3.05) is 17.8 Å². The summed E-state index contributed by atoms with van der Waals surface area (Å²) in [5.74, 6) is 0.298. The second kappa shape index (κ2) is 7.44. The smallest absolute Gasteiger partial charge is 0.228 e. The maximum atomic E-state index is 10.4. The van der Waals surface area contributed by atoms with Crippen LogP contribution in [0.1, 0.15) is 11.8 Å². The summed E-state index contributed by atoms with van der Waals surface area (Å²) in [6, 6.07) is 3.59. The van der Waals surface area contributed by atoms with Gasteiger partial charge in [0.15, 0.2) is 23.2 Å². The average Bonchev–Trinajstić information content (AvgIpc) is 3.21. The van der Waals surface area contributed by atoms with Crippen LogP contribution in [-0.4, -0.2) is 71.0 Å². The zero-order chi connectivity index (χ0) is 19.7. The number of ether oxygens (including phenoxy) is 1. The van der Waals surface area contributed by atoms with Crippen LogP contribution in [0, 0.1) is 0 Å². The average molecular weight is 386 g/mol. The number of hydrogen-bond acceptors (Lipinski definition) is 11. The first-order chi connectivity index (χ1) is 13.6. The molecule has 3 aromatic heterocycles. The van der Waals surface area contributed by atoms with Gasteiger partial charge >= 0.3 is 0 Å². The maximum absolute atomic E-state index is 10.4. The number of aliphatic hydroxyl groups is 3. The lowest BCUT2D eigenvalue weighted by Crippen LogP contribution is -2.33. The lowest BCUT2D eigenvalue weighted by molar-refractivity contribution is -0.0501. The fraction of sp³-hybridized carbons (Fsp3) is 0.312. The minimum Gasteiger partial charge on any atom is -0.394 e. The molecule has 0 aliphatic carbocycles. The molecule has 0 unspecified atom stereocenters. The summed E-state index contributed by atoms with van der Waals surface area (Å²) in [6.07, 6.45) is 1.43. The van der Waals surface area contributed by atoms with Crippen LogP contribution >= 0.6 is 0 Å². The quantitative estimate of drug-likeness (QED) is 0.266. The number of hydrogen-bond donors (Lipinski definition) is 5. The molecule has 0 amide bonds. The van der Waals surface area contributed by atoms with Crippen LogP contribution in [0.2, 0.25) is 0 Å². The number of nitrogens with one attached hydrogen (secondary N) is 1. The molecule has 28 heavy (non-hydrogen) atoms. The Bertz CT molecular complexity index is 995. The number of nitrogens with two attached hydrogens (primary N) is 1. The Labute approximate surface area is 158 Å². The van der Waals surface area contributed by atoms with Crippen molar-refractivity contribution in [3.8, 4) is 0 Å². The minimum absolute atomic E-state index is 0.134. The van der Waals surface area contributed by atoms with Crippen LogP contribution < -0.4 is 11.2 Å². The Morgan fingerprint density at radius 3 is 2.89 bits per heavy atom. The number of rotatable bonds is 5. The standard InChI is InChI=1S/C16H18N8O4/c17-13-10-14(20-7-19-13)24(15-12(27)11(26)9(6-25)28-15)16(22-10)23-21-5-8-2-1-3-18-4-8/h1-5,7,9,11-12,15,25-27H,6H2,(H,22,23)(H2,17,19,20)/b21-5-/t9-,11-,12-,15-/m0/s1. The normalized spacial score (nSPS) is 25.0. The molecule has 0 aromatic carbocycles. The van der Waals surface area contributed by atoms with E-state index in [9.17, 15) is 15.3 Å². The van der Waals surface area contributed by atoms with Crippen molar-refractivity contribution in [3.63, 3.8) is 0 Å². The lowest BCUT2D eigenvalue weighted by Gasteiger charge is -2.18. The van der Waals surface area contributed by atoms with E-state index in [1.54, 1.807) is 18.5 Å². The highest BCUT2D eigenvalue weighted by Crippen LogP contribution is 2.35. The van der Waals surface area contributed by atoms with Crippen LogP contribution in [0.3, 0.4) is 0 Å². The zero-order valence-electron chi connectivity index (χ0n) is 14.5. The lowest BCUT2D eigenvalue weighted by atomic mass is 10.1. The number of aliphatic hydroxyl groups excluding tert-OH is 3. The molecule has 1 fully saturated rings. The molecule has 1 aliphatic rings. The van der Waals surface area contributed by atoms with Gasteiger partial charge in [-0.1, -0.05) is 6.07 Å².